The Balaban J connectivity index is 3.58. The Hall–Kier alpha value is -0.920. The molecule has 0 spiro atoms. The van der Waals surface area contributed by atoms with Crippen molar-refractivity contribution in [2.75, 3.05) is 0 Å². The van der Waals surface area contributed by atoms with Gasteiger partial charge in [-0.15, -0.1) is 0 Å². The van der Waals surface area contributed by atoms with Crippen LogP contribution in [0.4, 0.5) is 22.0 Å². The summed E-state index contributed by atoms with van der Waals surface area (Å²) in [6.07, 6.45) is -8.28. The minimum atomic E-state index is -4.98. The predicted molar refractivity (Wildman–Crippen MR) is 49.7 cm³/mol. The Kier molecular flexibility index (Phi) is 3.72. The van der Waals surface area contributed by atoms with Crippen molar-refractivity contribution < 1.29 is 22.0 Å². The van der Waals surface area contributed by atoms with Crippen LogP contribution in [0.15, 0.2) is 10.9 Å². The standard InChI is InChI=1S/C8H5BrF5NO/c9-2-4-6(7(10)11)3(8(12,13)14)1-5(16)15-4/h1,7H,2H2,(H,15,16). The van der Waals surface area contributed by atoms with Gasteiger partial charge in [0.05, 0.1) is 11.1 Å². The van der Waals surface area contributed by atoms with Gasteiger partial charge in [-0.3, -0.25) is 4.79 Å². The highest BCUT2D eigenvalue weighted by atomic mass is 79.9. The molecule has 90 valence electrons. The molecule has 0 atom stereocenters. The highest BCUT2D eigenvalue weighted by Gasteiger charge is 2.37. The molecule has 8 heteroatoms. The summed E-state index contributed by atoms with van der Waals surface area (Å²) in [6.45, 7) is 0. The van der Waals surface area contributed by atoms with Crippen molar-refractivity contribution >= 4 is 15.9 Å². The SMILES string of the molecule is O=c1cc(C(F)(F)F)c(C(F)F)c(CBr)[nH]1. The molecule has 0 amide bonds. The summed E-state index contributed by atoms with van der Waals surface area (Å²) in [4.78, 5) is 12.8. The fourth-order valence-corrected chi connectivity index (χ4v) is 1.65. The minimum absolute atomic E-state index is 0.133. The second-order valence-electron chi connectivity index (χ2n) is 2.87. The smallest absolute Gasteiger partial charge is 0.325 e. The summed E-state index contributed by atoms with van der Waals surface area (Å²) in [5, 5.41) is -0.286. The van der Waals surface area contributed by atoms with Gasteiger partial charge >= 0.3 is 6.18 Å². The molecule has 0 bridgehead atoms. The first kappa shape index (κ1) is 13.1. The summed E-state index contributed by atoms with van der Waals surface area (Å²) < 4.78 is 62.2. The van der Waals surface area contributed by atoms with Crippen LogP contribution in [0.3, 0.4) is 0 Å². The maximum atomic E-state index is 12.5. The third-order valence-electron chi connectivity index (χ3n) is 1.82. The summed E-state index contributed by atoms with van der Waals surface area (Å²) in [5.41, 5.74) is -4.31. The van der Waals surface area contributed by atoms with Crippen LogP contribution in [0.2, 0.25) is 0 Å². The summed E-state index contributed by atoms with van der Waals surface area (Å²) in [7, 11) is 0. The molecular weight excluding hydrogens is 301 g/mol. The zero-order valence-electron chi connectivity index (χ0n) is 7.54. The molecule has 0 unspecified atom stereocenters. The quantitative estimate of drug-likeness (QED) is 0.660. The third kappa shape index (κ3) is 2.60. The number of alkyl halides is 6. The van der Waals surface area contributed by atoms with Crippen molar-refractivity contribution in [2.45, 2.75) is 17.9 Å². The van der Waals surface area contributed by atoms with Gasteiger partial charge < -0.3 is 4.98 Å². The molecular formula is C8H5BrF5NO. The van der Waals surface area contributed by atoms with E-state index in [-0.39, 0.29) is 11.4 Å². The topological polar surface area (TPSA) is 32.9 Å². The molecule has 0 fully saturated rings. The predicted octanol–water partition coefficient (Wildman–Crippen LogP) is 3.23. The van der Waals surface area contributed by atoms with E-state index in [1.807, 2.05) is 4.98 Å². The van der Waals surface area contributed by atoms with Crippen LogP contribution in [0.25, 0.3) is 0 Å². The van der Waals surface area contributed by atoms with Gasteiger partial charge in [-0.05, 0) is 0 Å². The molecule has 1 aromatic rings. The number of halogens is 6. The van der Waals surface area contributed by atoms with E-state index in [0.29, 0.717) is 0 Å². The highest BCUT2D eigenvalue weighted by molar-refractivity contribution is 9.08. The number of rotatable bonds is 2. The Labute approximate surface area is 94.6 Å². The van der Waals surface area contributed by atoms with Crippen LogP contribution < -0.4 is 5.56 Å². The van der Waals surface area contributed by atoms with Crippen LogP contribution in [-0.2, 0) is 11.5 Å². The number of aromatic nitrogens is 1. The first-order valence-electron chi connectivity index (χ1n) is 3.94. The third-order valence-corrected chi connectivity index (χ3v) is 2.38. The Morgan fingerprint density at radius 3 is 2.31 bits per heavy atom. The van der Waals surface area contributed by atoms with E-state index in [1.54, 1.807) is 0 Å². The maximum Gasteiger partial charge on any atom is 0.417 e. The summed E-state index contributed by atoms with van der Waals surface area (Å²) in [5.74, 6) is 0. The van der Waals surface area contributed by atoms with Gasteiger partial charge in [-0.1, -0.05) is 15.9 Å². The van der Waals surface area contributed by atoms with E-state index in [1.165, 1.54) is 0 Å². The van der Waals surface area contributed by atoms with Crippen molar-refractivity contribution in [3.63, 3.8) is 0 Å². The zero-order chi connectivity index (χ0) is 12.5. The lowest BCUT2D eigenvalue weighted by Crippen LogP contribution is -2.19. The number of hydrogen-bond acceptors (Lipinski definition) is 1. The van der Waals surface area contributed by atoms with Gasteiger partial charge in [0.15, 0.2) is 0 Å². The van der Waals surface area contributed by atoms with E-state index < -0.39 is 35.0 Å². The summed E-state index contributed by atoms with van der Waals surface area (Å²) >= 11 is 2.74. The van der Waals surface area contributed by atoms with Gasteiger partial charge in [0, 0.05) is 17.1 Å². The molecule has 0 saturated carbocycles. The van der Waals surface area contributed by atoms with E-state index >= 15 is 0 Å². The highest BCUT2D eigenvalue weighted by Crippen LogP contribution is 2.37. The zero-order valence-corrected chi connectivity index (χ0v) is 9.12. The molecule has 0 aromatic carbocycles. The maximum absolute atomic E-state index is 12.5. The average molecular weight is 306 g/mol. The van der Waals surface area contributed by atoms with Crippen LogP contribution in [-0.4, -0.2) is 4.98 Å². The van der Waals surface area contributed by atoms with Gasteiger partial charge in [0.25, 0.3) is 6.43 Å². The fourth-order valence-electron chi connectivity index (χ4n) is 1.21. The molecule has 0 aliphatic heterocycles. The van der Waals surface area contributed by atoms with Crippen molar-refractivity contribution in [3.05, 3.63) is 33.2 Å². The number of aromatic amines is 1. The molecule has 1 aromatic heterocycles. The molecule has 0 saturated heterocycles. The first-order chi connectivity index (χ1) is 7.27. The molecule has 1 heterocycles. The number of nitrogens with one attached hydrogen (secondary N) is 1. The summed E-state index contributed by atoms with van der Waals surface area (Å²) in [6, 6.07) is 0.133. The lowest BCUT2D eigenvalue weighted by atomic mass is 10.1. The van der Waals surface area contributed by atoms with Gasteiger partial charge in [-0.2, -0.15) is 13.2 Å². The Morgan fingerprint density at radius 1 is 1.38 bits per heavy atom. The van der Waals surface area contributed by atoms with E-state index in [4.69, 9.17) is 0 Å². The molecule has 0 aliphatic rings. The second-order valence-corrected chi connectivity index (χ2v) is 3.43. The second kappa shape index (κ2) is 4.52. The van der Waals surface area contributed by atoms with Crippen LogP contribution >= 0.6 is 15.9 Å². The van der Waals surface area contributed by atoms with Crippen LogP contribution in [0.1, 0.15) is 23.2 Å². The fraction of sp³-hybridized carbons (Fsp3) is 0.375. The normalized spacial score (nSPS) is 12.2. The van der Waals surface area contributed by atoms with Gasteiger partial charge in [0.2, 0.25) is 5.56 Å². The monoisotopic (exact) mass is 305 g/mol. The van der Waals surface area contributed by atoms with Crippen LogP contribution in [0.5, 0.6) is 0 Å². The van der Waals surface area contributed by atoms with Crippen molar-refractivity contribution in [2.24, 2.45) is 0 Å². The molecule has 1 rings (SSSR count). The molecule has 1 N–H and O–H groups in total. The van der Waals surface area contributed by atoms with Gasteiger partial charge in [-0.25, -0.2) is 8.78 Å². The van der Waals surface area contributed by atoms with Crippen molar-refractivity contribution in [1.82, 2.24) is 4.98 Å². The Bertz CT molecular complexity index is 439. The van der Waals surface area contributed by atoms with Crippen LogP contribution in [0, 0.1) is 0 Å². The van der Waals surface area contributed by atoms with Gasteiger partial charge in [0.1, 0.15) is 0 Å². The largest absolute Gasteiger partial charge is 0.417 e. The van der Waals surface area contributed by atoms with E-state index in [9.17, 15) is 26.7 Å². The molecule has 0 radical (unpaired) electrons. The van der Waals surface area contributed by atoms with E-state index in [2.05, 4.69) is 15.9 Å². The average Bonchev–Trinajstić information content (AvgIpc) is 2.14. The first-order valence-corrected chi connectivity index (χ1v) is 5.07. The number of H-pyrrole nitrogens is 1. The number of hydrogen-bond donors (Lipinski definition) is 1. The molecule has 16 heavy (non-hydrogen) atoms. The van der Waals surface area contributed by atoms with E-state index in [0.717, 1.165) is 0 Å². The minimum Gasteiger partial charge on any atom is -0.325 e. The van der Waals surface area contributed by atoms with Crippen molar-refractivity contribution in [1.29, 1.82) is 0 Å². The molecule has 2 nitrogen and oxygen atoms in total. The number of pyridine rings is 1. The lowest BCUT2D eigenvalue weighted by Gasteiger charge is -2.14. The molecule has 0 aliphatic carbocycles. The van der Waals surface area contributed by atoms with Crippen molar-refractivity contribution in [3.8, 4) is 0 Å². The Morgan fingerprint density at radius 2 is 1.94 bits per heavy atom. The lowest BCUT2D eigenvalue weighted by molar-refractivity contribution is -0.139.